The number of hydrogen-bond acceptors (Lipinski definition) is 13. The van der Waals surface area contributed by atoms with Gasteiger partial charge in [-0.1, -0.05) is 151 Å². The van der Waals surface area contributed by atoms with Crippen molar-refractivity contribution in [2.45, 2.75) is 22.8 Å². The fourth-order valence-corrected chi connectivity index (χ4v) is 8.37. The molecule has 11 nitrogen and oxygen atoms in total. The largest absolute Gasteiger partial charge is 0.300 e. The number of nitriles is 1. The molecule has 0 aliphatic heterocycles. The van der Waals surface area contributed by atoms with Gasteiger partial charge in [0.2, 0.25) is 0 Å². The van der Waals surface area contributed by atoms with Crippen molar-refractivity contribution in [2.24, 2.45) is 0 Å². The van der Waals surface area contributed by atoms with Gasteiger partial charge in [-0.15, -0.1) is 0 Å². The highest BCUT2D eigenvalue weighted by atomic mass is 32.2. The normalized spacial score (nSPS) is 12.2. The SMILES string of the molecule is [C-]#[N+]C(SC(=S)N(C)N(C)c1nc(N(C)N(C)C(=S)SC(C)c2ccccc2)nc(N(C)N(C)C(=S)SC(C#N)c2ccccc2)n1)c1ccccc1. The fourth-order valence-electron chi connectivity index (χ4n) is 4.50. The molecule has 3 atom stereocenters. The summed E-state index contributed by atoms with van der Waals surface area (Å²) in [5.41, 5.74) is 2.88. The average Bonchev–Trinajstić information content (AvgIpc) is 3.20. The Morgan fingerprint density at radius 1 is 0.604 bits per heavy atom. The molecule has 1 aromatic heterocycles. The summed E-state index contributed by atoms with van der Waals surface area (Å²) in [6.45, 7) is 9.93. The first-order valence-electron chi connectivity index (χ1n) is 16.1. The van der Waals surface area contributed by atoms with Crippen molar-refractivity contribution in [3.05, 3.63) is 119 Å². The molecule has 0 bridgehead atoms. The van der Waals surface area contributed by atoms with E-state index in [2.05, 4.69) is 30.0 Å². The number of thiocarbonyl (C=S) groups is 3. The number of rotatable bonds is 12. The van der Waals surface area contributed by atoms with Crippen LogP contribution in [0.1, 0.15) is 39.5 Å². The van der Waals surface area contributed by atoms with Crippen LogP contribution in [0.4, 0.5) is 17.8 Å². The zero-order chi connectivity index (χ0) is 38.7. The van der Waals surface area contributed by atoms with Gasteiger partial charge in [0.1, 0.15) is 5.25 Å². The molecule has 4 aromatic rings. The van der Waals surface area contributed by atoms with E-state index >= 15 is 0 Å². The van der Waals surface area contributed by atoms with Gasteiger partial charge in [0.05, 0.1) is 6.07 Å². The smallest absolute Gasteiger partial charge is 0.296 e. The van der Waals surface area contributed by atoms with Gasteiger partial charge < -0.3 is 0 Å². The molecule has 4 rings (SSSR count). The summed E-state index contributed by atoms with van der Waals surface area (Å²) >= 11 is 21.6. The van der Waals surface area contributed by atoms with E-state index in [0.29, 0.717) is 18.9 Å². The zero-order valence-electron chi connectivity index (χ0n) is 30.3. The van der Waals surface area contributed by atoms with Crippen molar-refractivity contribution in [1.29, 1.82) is 5.26 Å². The summed E-state index contributed by atoms with van der Waals surface area (Å²) in [5.74, 6) is 0.870. The van der Waals surface area contributed by atoms with E-state index in [1.807, 2.05) is 98.0 Å². The van der Waals surface area contributed by atoms with Crippen molar-refractivity contribution in [2.75, 3.05) is 57.3 Å². The lowest BCUT2D eigenvalue weighted by Gasteiger charge is -2.35. The zero-order valence-corrected chi connectivity index (χ0v) is 35.2. The second kappa shape index (κ2) is 19.7. The van der Waals surface area contributed by atoms with Crippen molar-refractivity contribution < 1.29 is 0 Å². The minimum atomic E-state index is -0.521. The number of thioether (sulfide) groups is 3. The molecular weight excluding hydrogens is 779 g/mol. The van der Waals surface area contributed by atoms with Gasteiger partial charge in [-0.3, -0.25) is 34.9 Å². The second-order valence-corrected chi connectivity index (χ2v) is 16.8. The maximum atomic E-state index is 9.95. The molecule has 0 aliphatic carbocycles. The lowest BCUT2D eigenvalue weighted by atomic mass is 10.2. The van der Waals surface area contributed by atoms with E-state index in [1.165, 1.54) is 23.5 Å². The number of aromatic nitrogens is 3. The lowest BCUT2D eigenvalue weighted by Crippen LogP contribution is -2.44. The standard InChI is InChI=1S/C36H39N11S6/c1-25(26-18-12-9-13-19-26)51-34(48)45(6)42(3)31-39-32(43(4)46(7)35(49)52-29(24-37)27-20-14-10-15-21-27)41-33(40-31)44(5)47(8)36(50)53-30(38-2)28-22-16-11-17-23-28/h9-23,25,29-30H,1,3-8H3. The van der Waals surface area contributed by atoms with Crippen LogP contribution in [0.15, 0.2) is 91.0 Å². The van der Waals surface area contributed by atoms with Crippen LogP contribution in [0.5, 0.6) is 0 Å². The Morgan fingerprint density at radius 3 is 1.36 bits per heavy atom. The number of hydrogen-bond donors (Lipinski definition) is 0. The van der Waals surface area contributed by atoms with E-state index in [0.717, 1.165) is 16.7 Å². The lowest BCUT2D eigenvalue weighted by molar-refractivity contribution is 0.470. The number of nitrogens with zero attached hydrogens (tertiary/aromatic N) is 11. The molecule has 0 saturated carbocycles. The molecule has 0 saturated heterocycles. The Labute approximate surface area is 341 Å². The summed E-state index contributed by atoms with van der Waals surface area (Å²) in [5, 5.41) is 19.5. The molecule has 274 valence electrons. The van der Waals surface area contributed by atoms with Gasteiger partial charge >= 0.3 is 5.37 Å². The van der Waals surface area contributed by atoms with Crippen LogP contribution in [0.25, 0.3) is 4.85 Å². The van der Waals surface area contributed by atoms with Crippen LogP contribution in [-0.4, -0.2) is 85.2 Å². The predicted molar refractivity (Wildman–Crippen MR) is 234 cm³/mol. The quantitative estimate of drug-likeness (QED) is 0.0779. The minimum Gasteiger partial charge on any atom is -0.296 e. The van der Waals surface area contributed by atoms with E-state index < -0.39 is 10.6 Å². The van der Waals surface area contributed by atoms with Gasteiger partial charge in [-0.2, -0.15) is 20.2 Å². The van der Waals surface area contributed by atoms with Crippen molar-refractivity contribution in [3.63, 3.8) is 0 Å². The fraction of sp³-hybridized carbons (Fsp3) is 0.278. The second-order valence-electron chi connectivity index (χ2n) is 11.4. The summed E-state index contributed by atoms with van der Waals surface area (Å²) in [6.07, 6.45) is 0. The first kappa shape index (κ1) is 41.5. The third-order valence-corrected chi connectivity index (χ3v) is 12.9. The van der Waals surface area contributed by atoms with Gasteiger partial charge in [0.25, 0.3) is 17.8 Å². The first-order chi connectivity index (χ1) is 25.4. The highest BCUT2D eigenvalue weighted by Crippen LogP contribution is 2.35. The van der Waals surface area contributed by atoms with Crippen LogP contribution in [0.2, 0.25) is 0 Å². The van der Waals surface area contributed by atoms with Crippen LogP contribution in [-0.2, 0) is 0 Å². The van der Waals surface area contributed by atoms with Gasteiger partial charge in [0.15, 0.2) is 13.0 Å². The molecule has 1 heterocycles. The monoisotopic (exact) mass is 817 g/mol. The van der Waals surface area contributed by atoms with E-state index in [1.54, 1.807) is 65.0 Å². The minimum absolute atomic E-state index is 0.115. The van der Waals surface area contributed by atoms with Gasteiger partial charge in [-0.25, -0.2) is 6.57 Å². The number of hydrazine groups is 3. The maximum absolute atomic E-state index is 9.95. The Bertz CT molecular complexity index is 1840. The number of benzene rings is 3. The third kappa shape index (κ3) is 10.9. The molecular formula is C36H39N11S6. The topological polar surface area (TPSA) is 86.3 Å². The summed E-state index contributed by atoms with van der Waals surface area (Å²) < 4.78 is 1.51. The van der Waals surface area contributed by atoms with Crippen molar-refractivity contribution >= 4 is 103 Å². The Kier molecular flexibility index (Phi) is 15.5. The Morgan fingerprint density at radius 2 is 0.962 bits per heavy atom. The maximum Gasteiger partial charge on any atom is 0.300 e. The summed E-state index contributed by atoms with van der Waals surface area (Å²) in [6, 6.07) is 31.6. The molecule has 0 aliphatic rings. The van der Waals surface area contributed by atoms with Gasteiger partial charge in [-0.05, 0) is 29.8 Å². The molecule has 0 spiro atoms. The summed E-state index contributed by atoms with van der Waals surface area (Å²) in [7, 11) is 10.9. The van der Waals surface area contributed by atoms with Crippen LogP contribution in [0, 0.1) is 17.9 Å². The van der Waals surface area contributed by atoms with Crippen LogP contribution < -0.4 is 15.0 Å². The summed E-state index contributed by atoms with van der Waals surface area (Å²) in [4.78, 5) is 18.3. The third-order valence-electron chi connectivity index (χ3n) is 8.01. The molecule has 0 fully saturated rings. The molecule has 0 N–H and O–H groups in total. The number of anilines is 3. The molecule has 3 aromatic carbocycles. The first-order valence-corrected chi connectivity index (χ1v) is 19.9. The van der Waals surface area contributed by atoms with E-state index in [4.69, 9.17) is 58.2 Å². The molecule has 53 heavy (non-hydrogen) atoms. The molecule has 0 radical (unpaired) electrons. The molecule has 17 heteroatoms. The Hall–Kier alpha value is -4.23. The van der Waals surface area contributed by atoms with E-state index in [-0.39, 0.29) is 17.1 Å². The Balaban J connectivity index is 1.63. The highest BCUT2D eigenvalue weighted by Gasteiger charge is 2.27. The average molecular weight is 818 g/mol. The predicted octanol–water partition coefficient (Wildman–Crippen LogP) is 8.42. The van der Waals surface area contributed by atoms with Gasteiger partial charge in [0, 0.05) is 53.1 Å². The van der Waals surface area contributed by atoms with Crippen LogP contribution in [0.3, 0.4) is 0 Å². The molecule has 3 unspecified atom stereocenters. The molecule has 0 amide bonds. The highest BCUT2D eigenvalue weighted by molar-refractivity contribution is 8.23. The van der Waals surface area contributed by atoms with Crippen molar-refractivity contribution in [3.8, 4) is 6.07 Å². The van der Waals surface area contributed by atoms with Crippen molar-refractivity contribution in [1.82, 2.24) is 30.0 Å². The van der Waals surface area contributed by atoms with Crippen LogP contribution >= 0.6 is 71.9 Å². The van der Waals surface area contributed by atoms with E-state index in [9.17, 15) is 5.26 Å².